The maximum absolute atomic E-state index is 12.6. The number of aromatic nitrogens is 3. The number of carboxylic acid groups (broad SMARTS) is 1. The van der Waals surface area contributed by atoms with Crippen LogP contribution in [-0.4, -0.2) is 49.3 Å². The first-order valence-corrected chi connectivity index (χ1v) is 8.47. The third-order valence-corrected chi connectivity index (χ3v) is 4.44. The van der Waals surface area contributed by atoms with Gasteiger partial charge in [-0.05, 0) is 44.0 Å². The lowest BCUT2D eigenvalue weighted by molar-refractivity contribution is -0.153. The topological polar surface area (TPSA) is 97.5 Å². The lowest BCUT2D eigenvalue weighted by atomic mass is 10.1. The zero-order valence-electron chi connectivity index (χ0n) is 15.1. The summed E-state index contributed by atoms with van der Waals surface area (Å²) in [6.45, 7) is 6.22. The number of carbonyl (C=O) groups excluding carboxylic acids is 1. The molecule has 8 nitrogen and oxygen atoms in total. The van der Waals surface area contributed by atoms with Crippen LogP contribution in [0, 0.1) is 20.8 Å². The number of nitrogens with zero attached hydrogens (tertiary/aromatic N) is 4. The van der Waals surface area contributed by atoms with Crippen LogP contribution in [0.4, 0.5) is 0 Å². The van der Waals surface area contributed by atoms with Crippen molar-refractivity contribution < 1.29 is 19.4 Å². The summed E-state index contributed by atoms with van der Waals surface area (Å²) < 4.78 is 7.41. The quantitative estimate of drug-likeness (QED) is 0.869. The van der Waals surface area contributed by atoms with Gasteiger partial charge in [-0.1, -0.05) is 6.07 Å². The first kappa shape index (κ1) is 17.9. The Balaban J connectivity index is 1.65. The van der Waals surface area contributed by atoms with Gasteiger partial charge >= 0.3 is 5.97 Å². The average molecular weight is 358 g/mol. The van der Waals surface area contributed by atoms with Gasteiger partial charge in [0, 0.05) is 0 Å². The van der Waals surface area contributed by atoms with Crippen molar-refractivity contribution in [2.75, 3.05) is 6.61 Å². The number of aryl methyl sites for hydroxylation is 3. The SMILES string of the molecule is Cc1cc(C)cc(OCCC(=O)N2Cc3nnc(C)n3CC2C(=O)O)c1. The Hall–Kier alpha value is -2.90. The molecule has 1 N–H and O–H groups in total. The molecule has 138 valence electrons. The van der Waals surface area contributed by atoms with E-state index in [1.165, 1.54) is 4.90 Å². The highest BCUT2D eigenvalue weighted by molar-refractivity contribution is 5.84. The molecular weight excluding hydrogens is 336 g/mol. The van der Waals surface area contributed by atoms with Gasteiger partial charge in [-0.3, -0.25) is 4.79 Å². The van der Waals surface area contributed by atoms with Crippen molar-refractivity contribution in [3.05, 3.63) is 41.0 Å². The monoisotopic (exact) mass is 358 g/mol. The smallest absolute Gasteiger partial charge is 0.328 e. The van der Waals surface area contributed by atoms with Gasteiger partial charge in [-0.15, -0.1) is 10.2 Å². The Morgan fingerprint density at radius 1 is 1.19 bits per heavy atom. The summed E-state index contributed by atoms with van der Waals surface area (Å²) >= 11 is 0. The van der Waals surface area contributed by atoms with Crippen molar-refractivity contribution >= 4 is 11.9 Å². The third kappa shape index (κ3) is 3.68. The number of carboxylic acids is 1. The van der Waals surface area contributed by atoms with Gasteiger partial charge in [0.2, 0.25) is 5.91 Å². The van der Waals surface area contributed by atoms with Crippen molar-refractivity contribution in [3.63, 3.8) is 0 Å². The molecule has 0 bridgehead atoms. The molecule has 2 heterocycles. The van der Waals surface area contributed by atoms with Gasteiger partial charge in [0.05, 0.1) is 26.1 Å². The minimum absolute atomic E-state index is 0.101. The average Bonchev–Trinajstić information content (AvgIpc) is 2.93. The predicted molar refractivity (Wildman–Crippen MR) is 92.8 cm³/mol. The number of hydrogen-bond donors (Lipinski definition) is 1. The van der Waals surface area contributed by atoms with Crippen LogP contribution in [0.1, 0.15) is 29.2 Å². The van der Waals surface area contributed by atoms with Crippen LogP contribution < -0.4 is 4.74 Å². The largest absolute Gasteiger partial charge is 0.493 e. The molecule has 8 heteroatoms. The Labute approximate surface area is 151 Å². The van der Waals surface area contributed by atoms with Crippen molar-refractivity contribution in [2.24, 2.45) is 0 Å². The van der Waals surface area contributed by atoms with E-state index in [1.54, 1.807) is 11.5 Å². The number of benzene rings is 1. The maximum Gasteiger partial charge on any atom is 0.328 e. The second-order valence-corrected chi connectivity index (χ2v) is 6.57. The molecule has 1 unspecified atom stereocenters. The van der Waals surface area contributed by atoms with Gasteiger partial charge in [0.1, 0.15) is 17.6 Å². The highest BCUT2D eigenvalue weighted by Crippen LogP contribution is 2.20. The molecule has 0 saturated carbocycles. The molecule has 0 aliphatic carbocycles. The highest BCUT2D eigenvalue weighted by Gasteiger charge is 2.36. The lowest BCUT2D eigenvalue weighted by Crippen LogP contribution is -2.51. The zero-order chi connectivity index (χ0) is 18.8. The van der Waals surface area contributed by atoms with Crippen LogP contribution in [0.5, 0.6) is 5.75 Å². The molecule has 2 aromatic rings. The Morgan fingerprint density at radius 3 is 2.54 bits per heavy atom. The molecule has 1 aromatic carbocycles. The number of ether oxygens (including phenoxy) is 1. The molecule has 1 amide bonds. The molecule has 1 aliphatic rings. The van der Waals surface area contributed by atoms with E-state index in [0.29, 0.717) is 17.4 Å². The second-order valence-electron chi connectivity index (χ2n) is 6.57. The predicted octanol–water partition coefficient (Wildman–Crippen LogP) is 1.47. The van der Waals surface area contributed by atoms with Gasteiger partial charge in [-0.25, -0.2) is 4.79 Å². The van der Waals surface area contributed by atoms with Crippen molar-refractivity contribution in [1.82, 2.24) is 19.7 Å². The molecule has 0 spiro atoms. The summed E-state index contributed by atoms with van der Waals surface area (Å²) in [5.41, 5.74) is 2.17. The van der Waals surface area contributed by atoms with Crippen LogP contribution in [0.25, 0.3) is 0 Å². The van der Waals surface area contributed by atoms with Crippen LogP contribution in [0.2, 0.25) is 0 Å². The van der Waals surface area contributed by atoms with E-state index >= 15 is 0 Å². The van der Waals surface area contributed by atoms with Gasteiger partial charge in [0.15, 0.2) is 5.82 Å². The Kier molecular flexibility index (Phi) is 4.92. The van der Waals surface area contributed by atoms with E-state index in [4.69, 9.17) is 4.74 Å². The molecule has 1 aliphatic heterocycles. The van der Waals surface area contributed by atoms with E-state index < -0.39 is 12.0 Å². The normalized spacial score (nSPS) is 16.3. The molecule has 26 heavy (non-hydrogen) atoms. The number of amides is 1. The van der Waals surface area contributed by atoms with Crippen molar-refractivity contribution in [3.8, 4) is 5.75 Å². The number of fused-ring (bicyclic) bond motifs is 1. The van der Waals surface area contributed by atoms with E-state index in [-0.39, 0.29) is 32.0 Å². The van der Waals surface area contributed by atoms with E-state index in [9.17, 15) is 14.7 Å². The van der Waals surface area contributed by atoms with Crippen LogP contribution in [0.15, 0.2) is 18.2 Å². The summed E-state index contributed by atoms with van der Waals surface area (Å²) in [4.78, 5) is 25.5. The fourth-order valence-corrected chi connectivity index (χ4v) is 3.20. The minimum atomic E-state index is -1.03. The summed E-state index contributed by atoms with van der Waals surface area (Å²) in [5.74, 6) is 0.653. The first-order valence-electron chi connectivity index (χ1n) is 8.47. The molecule has 1 aromatic heterocycles. The van der Waals surface area contributed by atoms with E-state index in [0.717, 1.165) is 11.1 Å². The van der Waals surface area contributed by atoms with Gasteiger partial charge in [-0.2, -0.15) is 0 Å². The van der Waals surface area contributed by atoms with E-state index in [1.807, 2.05) is 32.0 Å². The fourth-order valence-electron chi connectivity index (χ4n) is 3.20. The fraction of sp³-hybridized carbons (Fsp3) is 0.444. The molecule has 0 fully saturated rings. The molecular formula is C18H22N4O4. The summed E-state index contributed by atoms with van der Waals surface area (Å²) in [6, 6.07) is 4.93. The molecule has 0 radical (unpaired) electrons. The van der Waals surface area contributed by atoms with Gasteiger partial charge < -0.3 is 19.3 Å². The molecule has 1 atom stereocenters. The van der Waals surface area contributed by atoms with Crippen molar-refractivity contribution in [1.29, 1.82) is 0 Å². The van der Waals surface area contributed by atoms with E-state index in [2.05, 4.69) is 10.2 Å². The number of carbonyl (C=O) groups is 2. The highest BCUT2D eigenvalue weighted by atomic mass is 16.5. The molecule has 3 rings (SSSR count). The zero-order valence-corrected chi connectivity index (χ0v) is 15.1. The Morgan fingerprint density at radius 2 is 1.88 bits per heavy atom. The number of hydrogen-bond acceptors (Lipinski definition) is 5. The van der Waals surface area contributed by atoms with Crippen LogP contribution in [0.3, 0.4) is 0 Å². The van der Waals surface area contributed by atoms with Crippen LogP contribution >= 0.6 is 0 Å². The van der Waals surface area contributed by atoms with Crippen LogP contribution in [-0.2, 0) is 22.7 Å². The minimum Gasteiger partial charge on any atom is -0.493 e. The maximum atomic E-state index is 12.6. The van der Waals surface area contributed by atoms with Crippen molar-refractivity contribution in [2.45, 2.75) is 46.3 Å². The summed E-state index contributed by atoms with van der Waals surface area (Å²) in [5, 5.41) is 17.5. The standard InChI is InChI=1S/C18H22N4O4/c1-11-6-12(2)8-14(7-11)26-5-4-17(23)22-10-16-20-19-13(3)21(16)9-15(22)18(24)25/h6-8,15H,4-5,9-10H2,1-3H3,(H,24,25). The number of rotatable bonds is 5. The first-order chi connectivity index (χ1) is 12.3. The third-order valence-electron chi connectivity index (χ3n) is 4.44. The Bertz CT molecular complexity index is 825. The van der Waals surface area contributed by atoms with Gasteiger partial charge in [0.25, 0.3) is 0 Å². The summed E-state index contributed by atoms with van der Waals surface area (Å²) in [6.07, 6.45) is 0.101. The molecule has 0 saturated heterocycles. The second kappa shape index (κ2) is 7.15. The number of aliphatic carboxylic acids is 1. The summed E-state index contributed by atoms with van der Waals surface area (Å²) in [7, 11) is 0. The lowest BCUT2D eigenvalue weighted by Gasteiger charge is -2.33.